The van der Waals surface area contributed by atoms with E-state index >= 15 is 0 Å². The number of aryl methyl sites for hydroxylation is 1. The maximum atomic E-state index is 12.6. The van der Waals surface area contributed by atoms with Gasteiger partial charge >= 0.3 is 5.97 Å². The summed E-state index contributed by atoms with van der Waals surface area (Å²) in [6.45, 7) is 2.21. The minimum absolute atomic E-state index is 0.0160. The molecule has 1 aliphatic rings. The minimum Gasteiger partial charge on any atom is -0.476 e. The Bertz CT molecular complexity index is 782. The van der Waals surface area contributed by atoms with Gasteiger partial charge in [-0.05, 0) is 31.9 Å². The van der Waals surface area contributed by atoms with E-state index in [1.165, 1.54) is 42.4 Å². The predicted molar refractivity (Wildman–Crippen MR) is 99.5 cm³/mol. The number of thioether (sulfide) groups is 1. The number of carboxylic acids is 1. The molecule has 1 fully saturated rings. The summed E-state index contributed by atoms with van der Waals surface area (Å²) < 4.78 is 0. The van der Waals surface area contributed by atoms with Crippen LogP contribution < -0.4 is 5.32 Å². The van der Waals surface area contributed by atoms with Gasteiger partial charge in [-0.3, -0.25) is 4.79 Å². The molecule has 5 nitrogen and oxygen atoms in total. The van der Waals surface area contributed by atoms with Crippen molar-refractivity contribution < 1.29 is 14.7 Å². The third-order valence-corrected chi connectivity index (χ3v) is 6.41. The molecule has 1 heterocycles. The van der Waals surface area contributed by atoms with Gasteiger partial charge in [-0.25, -0.2) is 9.78 Å². The number of amides is 1. The lowest BCUT2D eigenvalue weighted by Crippen LogP contribution is -2.23. The van der Waals surface area contributed by atoms with Crippen molar-refractivity contribution in [1.82, 2.24) is 10.3 Å². The van der Waals surface area contributed by atoms with E-state index in [0.717, 1.165) is 10.5 Å². The van der Waals surface area contributed by atoms with Crippen LogP contribution in [-0.4, -0.2) is 27.2 Å². The average molecular weight is 377 g/mol. The number of carboxylic acid groups (broad SMARTS) is 1. The summed E-state index contributed by atoms with van der Waals surface area (Å²) in [5, 5.41) is 14.4. The number of carbonyl (C=O) groups excluding carboxylic acids is 1. The average Bonchev–Trinajstić information content (AvgIpc) is 3.26. The summed E-state index contributed by atoms with van der Waals surface area (Å²) >= 11 is 3.03. The van der Waals surface area contributed by atoms with E-state index in [-0.39, 0.29) is 18.1 Å². The van der Waals surface area contributed by atoms with Crippen LogP contribution in [0.4, 0.5) is 0 Å². The smallest absolute Gasteiger partial charge is 0.355 e. The Kier molecular flexibility index (Phi) is 5.75. The molecule has 0 aliphatic heterocycles. The molecular weight excluding hydrogens is 356 g/mol. The first-order chi connectivity index (χ1) is 12.0. The Morgan fingerprint density at radius 3 is 2.80 bits per heavy atom. The first-order valence-electron chi connectivity index (χ1n) is 8.26. The molecule has 3 rings (SSSR count). The second-order valence-electron chi connectivity index (χ2n) is 6.14. The van der Waals surface area contributed by atoms with Gasteiger partial charge in [0.2, 0.25) is 0 Å². The van der Waals surface area contributed by atoms with Crippen molar-refractivity contribution in [2.45, 2.75) is 49.3 Å². The number of hydrogen-bond donors (Lipinski definition) is 2. The van der Waals surface area contributed by atoms with E-state index in [1.54, 1.807) is 11.8 Å². The Morgan fingerprint density at radius 2 is 2.12 bits per heavy atom. The van der Waals surface area contributed by atoms with E-state index in [2.05, 4.69) is 10.3 Å². The van der Waals surface area contributed by atoms with E-state index in [4.69, 9.17) is 5.11 Å². The Balaban J connectivity index is 1.69. The van der Waals surface area contributed by atoms with Crippen LogP contribution in [0.5, 0.6) is 0 Å². The Labute approximate surface area is 154 Å². The molecule has 132 valence electrons. The zero-order chi connectivity index (χ0) is 17.8. The summed E-state index contributed by atoms with van der Waals surface area (Å²) in [4.78, 5) is 28.5. The second-order valence-corrected chi connectivity index (χ2v) is 8.42. The number of nitrogens with one attached hydrogen (secondary N) is 1. The Hall–Kier alpha value is -1.86. The van der Waals surface area contributed by atoms with Gasteiger partial charge < -0.3 is 10.4 Å². The van der Waals surface area contributed by atoms with Crippen LogP contribution in [-0.2, 0) is 6.54 Å². The van der Waals surface area contributed by atoms with Crippen LogP contribution in [0.1, 0.15) is 57.1 Å². The molecular formula is C18H20N2O3S2. The highest BCUT2D eigenvalue weighted by Gasteiger charge is 2.20. The third kappa shape index (κ3) is 4.61. The van der Waals surface area contributed by atoms with Gasteiger partial charge in [-0.1, -0.05) is 24.5 Å². The van der Waals surface area contributed by atoms with Crippen LogP contribution in [0.2, 0.25) is 0 Å². The van der Waals surface area contributed by atoms with Gasteiger partial charge in [-0.15, -0.1) is 23.1 Å². The topological polar surface area (TPSA) is 79.3 Å². The van der Waals surface area contributed by atoms with Gasteiger partial charge in [-0.2, -0.15) is 0 Å². The molecule has 0 atom stereocenters. The number of rotatable bonds is 6. The lowest BCUT2D eigenvalue weighted by Gasteiger charge is -2.14. The van der Waals surface area contributed by atoms with Crippen molar-refractivity contribution in [2.75, 3.05) is 0 Å². The monoisotopic (exact) mass is 376 g/mol. The highest BCUT2D eigenvalue weighted by atomic mass is 32.2. The van der Waals surface area contributed by atoms with Gasteiger partial charge in [0.1, 0.15) is 5.01 Å². The van der Waals surface area contributed by atoms with E-state index in [9.17, 15) is 9.59 Å². The maximum absolute atomic E-state index is 12.6. The van der Waals surface area contributed by atoms with Crippen LogP contribution in [0.15, 0.2) is 28.5 Å². The van der Waals surface area contributed by atoms with Crippen LogP contribution >= 0.6 is 23.1 Å². The molecule has 2 N–H and O–H groups in total. The SMILES string of the molecule is Cc1ccc(SC2CCCC2)c(C(=O)NCc2nc(C(=O)O)cs2)c1. The largest absolute Gasteiger partial charge is 0.476 e. The summed E-state index contributed by atoms with van der Waals surface area (Å²) in [6, 6.07) is 5.98. The first-order valence-corrected chi connectivity index (χ1v) is 10.0. The number of hydrogen-bond acceptors (Lipinski definition) is 5. The third-order valence-electron chi connectivity index (χ3n) is 4.15. The fraction of sp³-hybridized carbons (Fsp3) is 0.389. The van der Waals surface area contributed by atoms with Crippen molar-refractivity contribution in [3.8, 4) is 0 Å². The van der Waals surface area contributed by atoms with E-state index in [1.807, 2.05) is 25.1 Å². The fourth-order valence-electron chi connectivity index (χ4n) is 2.85. The highest BCUT2D eigenvalue weighted by molar-refractivity contribution is 8.00. The summed E-state index contributed by atoms with van der Waals surface area (Å²) in [6.07, 6.45) is 4.94. The summed E-state index contributed by atoms with van der Waals surface area (Å²) in [7, 11) is 0. The van der Waals surface area contributed by atoms with E-state index in [0.29, 0.717) is 15.8 Å². The first kappa shape index (κ1) is 17.9. The normalized spacial score (nSPS) is 14.6. The van der Waals surface area contributed by atoms with Crippen LogP contribution in [0.3, 0.4) is 0 Å². The number of thiazole rings is 1. The van der Waals surface area contributed by atoms with Gasteiger partial charge in [0, 0.05) is 15.5 Å². The number of benzene rings is 1. The highest BCUT2D eigenvalue weighted by Crippen LogP contribution is 2.36. The van der Waals surface area contributed by atoms with Crippen LogP contribution in [0, 0.1) is 6.92 Å². The Morgan fingerprint density at radius 1 is 1.36 bits per heavy atom. The van der Waals surface area contributed by atoms with Crippen molar-refractivity contribution in [1.29, 1.82) is 0 Å². The molecule has 7 heteroatoms. The standard InChI is InChI=1S/C18H20N2O3S2/c1-11-6-7-15(25-12-4-2-3-5-12)13(8-11)17(21)19-9-16-20-14(10-24-16)18(22)23/h6-8,10,12H,2-5,9H2,1H3,(H,19,21)(H,22,23). The molecule has 1 saturated carbocycles. The van der Waals surface area contributed by atoms with Crippen molar-refractivity contribution in [3.05, 3.63) is 45.4 Å². The number of aromatic nitrogens is 1. The molecule has 1 amide bonds. The number of aromatic carboxylic acids is 1. The lowest BCUT2D eigenvalue weighted by atomic mass is 10.1. The quantitative estimate of drug-likeness (QED) is 0.793. The molecule has 1 aliphatic carbocycles. The minimum atomic E-state index is -1.05. The molecule has 0 spiro atoms. The maximum Gasteiger partial charge on any atom is 0.355 e. The van der Waals surface area contributed by atoms with Crippen molar-refractivity contribution >= 4 is 35.0 Å². The zero-order valence-corrected chi connectivity index (χ0v) is 15.6. The van der Waals surface area contributed by atoms with Crippen LogP contribution in [0.25, 0.3) is 0 Å². The van der Waals surface area contributed by atoms with Crippen molar-refractivity contribution in [3.63, 3.8) is 0 Å². The molecule has 0 radical (unpaired) electrons. The molecule has 1 aromatic carbocycles. The van der Waals surface area contributed by atoms with Gasteiger partial charge in [0.25, 0.3) is 5.91 Å². The molecule has 1 aromatic heterocycles. The summed E-state index contributed by atoms with van der Waals surface area (Å²) in [5.74, 6) is -1.20. The molecule has 25 heavy (non-hydrogen) atoms. The molecule has 2 aromatic rings. The summed E-state index contributed by atoms with van der Waals surface area (Å²) in [5.41, 5.74) is 1.75. The molecule has 0 saturated heterocycles. The van der Waals surface area contributed by atoms with Crippen molar-refractivity contribution in [2.24, 2.45) is 0 Å². The zero-order valence-electron chi connectivity index (χ0n) is 13.9. The number of nitrogens with zero attached hydrogens (tertiary/aromatic N) is 1. The predicted octanol–water partition coefficient (Wildman–Crippen LogP) is 4.11. The second kappa shape index (κ2) is 8.01. The van der Waals surface area contributed by atoms with E-state index < -0.39 is 5.97 Å². The van der Waals surface area contributed by atoms with Gasteiger partial charge in [0.05, 0.1) is 12.1 Å². The lowest BCUT2D eigenvalue weighted by molar-refractivity contribution is 0.0691. The molecule has 0 bridgehead atoms. The van der Waals surface area contributed by atoms with Gasteiger partial charge in [0.15, 0.2) is 5.69 Å². The fourth-order valence-corrected chi connectivity index (χ4v) is 4.91. The molecule has 0 unspecified atom stereocenters. The number of carbonyl (C=O) groups is 2.